The third-order valence-corrected chi connectivity index (χ3v) is 6.99. The van der Waals surface area contributed by atoms with Crippen molar-refractivity contribution in [2.24, 2.45) is 16.5 Å². The lowest BCUT2D eigenvalue weighted by atomic mass is 9.96. The fourth-order valence-electron chi connectivity index (χ4n) is 4.87. The van der Waals surface area contributed by atoms with E-state index >= 15 is 0 Å². The van der Waals surface area contributed by atoms with E-state index in [1.54, 1.807) is 29.2 Å². The molecule has 1 saturated heterocycles. The minimum atomic E-state index is -1.37. The first-order valence-electron chi connectivity index (χ1n) is 12.9. The van der Waals surface area contributed by atoms with Crippen LogP contribution >= 0.6 is 12.4 Å². The standard InChI is InChI=1S/C30H33N5O4.ClH/c31-25(16-13-20-7-3-1-4-8-20)29(37)35-19-24(22-9-5-2-6-10-22)17-26(35)28(36)33-18-21-11-14-23(15-12-21)27(32)34-30(38)39;/h1-12,14-15,24-26H,13,16-19,31H2,(H2,32,34)(H,33,36)(H,38,39);1H/t24?,25-,26?;/m1./s1. The number of nitrogens with zero attached hydrogens (tertiary/aromatic N) is 2. The molecule has 2 unspecified atom stereocenters. The summed E-state index contributed by atoms with van der Waals surface area (Å²) in [6.07, 6.45) is 0.310. The van der Waals surface area contributed by atoms with Crippen LogP contribution in [0.4, 0.5) is 4.79 Å². The molecule has 0 radical (unpaired) electrons. The summed E-state index contributed by atoms with van der Waals surface area (Å²) in [6.45, 7) is 0.667. The fourth-order valence-corrected chi connectivity index (χ4v) is 4.87. The van der Waals surface area contributed by atoms with Crippen LogP contribution in [0.3, 0.4) is 0 Å². The second-order valence-corrected chi connectivity index (χ2v) is 9.67. The van der Waals surface area contributed by atoms with Crippen LogP contribution in [-0.2, 0) is 22.6 Å². The summed E-state index contributed by atoms with van der Waals surface area (Å²) in [6, 6.07) is 25.2. The molecule has 3 aromatic carbocycles. The zero-order chi connectivity index (χ0) is 27.8. The van der Waals surface area contributed by atoms with Crippen molar-refractivity contribution < 1.29 is 19.5 Å². The van der Waals surface area contributed by atoms with Gasteiger partial charge in [-0.25, -0.2) is 4.79 Å². The summed E-state index contributed by atoms with van der Waals surface area (Å²) in [5, 5.41) is 11.7. The minimum Gasteiger partial charge on any atom is -0.463 e. The minimum absolute atomic E-state index is 0. The number of likely N-dealkylation sites (tertiary alicyclic amines) is 1. The third kappa shape index (κ3) is 7.91. The van der Waals surface area contributed by atoms with Crippen molar-refractivity contribution in [3.05, 3.63) is 107 Å². The molecule has 3 atom stereocenters. The number of benzene rings is 3. The number of nitrogens with one attached hydrogen (secondary N) is 1. The molecule has 40 heavy (non-hydrogen) atoms. The first-order chi connectivity index (χ1) is 18.8. The van der Waals surface area contributed by atoms with Crippen molar-refractivity contribution in [1.82, 2.24) is 10.2 Å². The van der Waals surface area contributed by atoms with Crippen LogP contribution in [0.15, 0.2) is 89.9 Å². The molecule has 3 amide bonds. The highest BCUT2D eigenvalue weighted by Crippen LogP contribution is 2.32. The molecule has 9 nitrogen and oxygen atoms in total. The van der Waals surface area contributed by atoms with Gasteiger partial charge in [0.25, 0.3) is 0 Å². The lowest BCUT2D eigenvalue weighted by Crippen LogP contribution is -2.51. The molecule has 3 aromatic rings. The molecule has 4 rings (SSSR count). The number of amidine groups is 1. The Labute approximate surface area is 239 Å². The molecule has 1 heterocycles. The first-order valence-corrected chi connectivity index (χ1v) is 12.9. The SMILES string of the molecule is Cl.NC(=NC(=O)O)c1ccc(CNC(=O)C2CC(c3ccccc3)CN2C(=O)[C@H](N)CCc2ccccc2)cc1. The lowest BCUT2D eigenvalue weighted by Gasteiger charge is -2.27. The van der Waals surface area contributed by atoms with E-state index in [0.29, 0.717) is 31.4 Å². The predicted molar refractivity (Wildman–Crippen MR) is 156 cm³/mol. The van der Waals surface area contributed by atoms with Gasteiger partial charge in [-0.2, -0.15) is 4.99 Å². The number of carbonyl (C=O) groups excluding carboxylic acids is 2. The van der Waals surface area contributed by atoms with Crippen LogP contribution in [0.1, 0.15) is 41.0 Å². The molecule has 0 spiro atoms. The molecular formula is C30H34ClN5O4. The van der Waals surface area contributed by atoms with E-state index in [2.05, 4.69) is 10.3 Å². The molecule has 6 N–H and O–H groups in total. The first kappa shape index (κ1) is 30.3. The monoisotopic (exact) mass is 563 g/mol. The Hall–Kier alpha value is -4.21. The maximum atomic E-state index is 13.5. The van der Waals surface area contributed by atoms with Crippen LogP contribution < -0.4 is 16.8 Å². The average Bonchev–Trinajstić information content (AvgIpc) is 3.41. The molecule has 1 aliphatic rings. The Morgan fingerprint density at radius 3 is 2.20 bits per heavy atom. The number of halogens is 1. The number of nitrogens with two attached hydrogens (primary N) is 2. The molecular weight excluding hydrogens is 530 g/mol. The van der Waals surface area contributed by atoms with E-state index in [4.69, 9.17) is 16.6 Å². The Kier molecular flexibility index (Phi) is 10.8. The van der Waals surface area contributed by atoms with E-state index in [1.165, 1.54) is 0 Å². The molecule has 1 fully saturated rings. The van der Waals surface area contributed by atoms with E-state index in [1.807, 2.05) is 60.7 Å². The second-order valence-electron chi connectivity index (χ2n) is 9.67. The Morgan fingerprint density at radius 2 is 1.57 bits per heavy atom. The van der Waals surface area contributed by atoms with Gasteiger partial charge in [-0.05, 0) is 36.0 Å². The van der Waals surface area contributed by atoms with Gasteiger partial charge in [-0.3, -0.25) is 9.59 Å². The number of carboxylic acid groups (broad SMARTS) is 1. The number of hydrogen-bond acceptors (Lipinski definition) is 4. The van der Waals surface area contributed by atoms with E-state index in [-0.39, 0.29) is 42.5 Å². The number of aliphatic imine (C=N–C) groups is 1. The van der Waals surface area contributed by atoms with Crippen molar-refractivity contribution in [2.75, 3.05) is 6.54 Å². The van der Waals surface area contributed by atoms with Crippen molar-refractivity contribution >= 4 is 36.2 Å². The molecule has 1 aliphatic heterocycles. The smallest absolute Gasteiger partial charge is 0.433 e. The molecule has 0 bridgehead atoms. The third-order valence-electron chi connectivity index (χ3n) is 6.99. The summed E-state index contributed by atoms with van der Waals surface area (Å²) < 4.78 is 0. The zero-order valence-electron chi connectivity index (χ0n) is 22.0. The summed E-state index contributed by atoms with van der Waals surface area (Å²) in [4.78, 5) is 42.5. The van der Waals surface area contributed by atoms with Gasteiger partial charge < -0.3 is 26.8 Å². The van der Waals surface area contributed by atoms with Gasteiger partial charge in [0, 0.05) is 24.6 Å². The van der Waals surface area contributed by atoms with Gasteiger partial charge in [-0.15, -0.1) is 12.4 Å². The summed E-state index contributed by atoms with van der Waals surface area (Å²) in [5.74, 6) is -0.535. The molecule has 0 aromatic heterocycles. The van der Waals surface area contributed by atoms with E-state index in [0.717, 1.165) is 16.7 Å². The number of hydrogen-bond donors (Lipinski definition) is 4. The Bertz CT molecular complexity index is 1320. The average molecular weight is 564 g/mol. The Morgan fingerprint density at radius 1 is 0.950 bits per heavy atom. The maximum absolute atomic E-state index is 13.5. The fraction of sp³-hybridized carbons (Fsp3) is 0.267. The number of rotatable bonds is 9. The van der Waals surface area contributed by atoms with Crippen molar-refractivity contribution in [3.8, 4) is 0 Å². The molecule has 210 valence electrons. The molecule has 0 aliphatic carbocycles. The van der Waals surface area contributed by atoms with Crippen molar-refractivity contribution in [3.63, 3.8) is 0 Å². The van der Waals surface area contributed by atoms with Gasteiger partial charge in [0.2, 0.25) is 11.8 Å². The molecule has 10 heteroatoms. The lowest BCUT2D eigenvalue weighted by molar-refractivity contribution is -0.139. The van der Waals surface area contributed by atoms with Gasteiger partial charge in [-0.1, -0.05) is 84.9 Å². The van der Waals surface area contributed by atoms with Gasteiger partial charge in [0.15, 0.2) is 0 Å². The normalized spacial score (nSPS) is 17.5. The van der Waals surface area contributed by atoms with Crippen LogP contribution in [0.25, 0.3) is 0 Å². The zero-order valence-corrected chi connectivity index (χ0v) is 22.8. The van der Waals surface area contributed by atoms with Crippen LogP contribution in [0.5, 0.6) is 0 Å². The second kappa shape index (κ2) is 14.3. The van der Waals surface area contributed by atoms with Gasteiger partial charge in [0.05, 0.1) is 6.04 Å². The predicted octanol–water partition coefficient (Wildman–Crippen LogP) is 3.45. The largest absolute Gasteiger partial charge is 0.463 e. The summed E-state index contributed by atoms with van der Waals surface area (Å²) in [7, 11) is 0. The topological polar surface area (TPSA) is 151 Å². The van der Waals surface area contributed by atoms with E-state index < -0.39 is 18.2 Å². The Balaban J connectivity index is 0.00000441. The molecule has 0 saturated carbocycles. The quantitative estimate of drug-likeness (QED) is 0.231. The van der Waals surface area contributed by atoms with E-state index in [9.17, 15) is 14.4 Å². The van der Waals surface area contributed by atoms with Crippen molar-refractivity contribution in [1.29, 1.82) is 0 Å². The summed E-state index contributed by atoms with van der Waals surface area (Å²) in [5.41, 5.74) is 15.5. The summed E-state index contributed by atoms with van der Waals surface area (Å²) >= 11 is 0. The highest BCUT2D eigenvalue weighted by Gasteiger charge is 2.41. The maximum Gasteiger partial charge on any atom is 0.433 e. The van der Waals surface area contributed by atoms with Crippen LogP contribution in [0, 0.1) is 0 Å². The van der Waals surface area contributed by atoms with Crippen LogP contribution in [0.2, 0.25) is 0 Å². The van der Waals surface area contributed by atoms with Crippen molar-refractivity contribution in [2.45, 2.75) is 43.8 Å². The number of carbonyl (C=O) groups is 3. The highest BCUT2D eigenvalue weighted by atomic mass is 35.5. The van der Waals surface area contributed by atoms with Crippen LogP contribution in [-0.4, -0.2) is 52.4 Å². The number of aryl methyl sites for hydroxylation is 1. The van der Waals surface area contributed by atoms with Gasteiger partial charge >= 0.3 is 6.09 Å². The van der Waals surface area contributed by atoms with Gasteiger partial charge in [0.1, 0.15) is 11.9 Å². The number of amides is 3. The highest BCUT2D eigenvalue weighted by molar-refractivity contribution is 6.02.